The van der Waals surface area contributed by atoms with Crippen LogP contribution in [0.1, 0.15) is 44.9 Å². The Kier molecular flexibility index (Phi) is 8.85. The number of benzene rings is 6. The van der Waals surface area contributed by atoms with Gasteiger partial charge in [-0.25, -0.2) is 0 Å². The molecule has 0 unspecified atom stereocenters. The van der Waals surface area contributed by atoms with Gasteiger partial charge in [0.1, 0.15) is 38.6 Å². The average molecular weight is 663 g/mol. The first-order valence-corrected chi connectivity index (χ1v) is 17.0. The van der Waals surface area contributed by atoms with Crippen molar-refractivity contribution in [3.05, 3.63) is 185 Å². The Morgan fingerprint density at radius 1 is 0.520 bits per heavy atom. The molecule has 6 heteroatoms. The van der Waals surface area contributed by atoms with E-state index >= 15 is 0 Å². The lowest BCUT2D eigenvalue weighted by atomic mass is 9.80. The van der Waals surface area contributed by atoms with E-state index in [4.69, 9.17) is 23.7 Å². The number of hydrogen-bond donors (Lipinski definition) is 1. The van der Waals surface area contributed by atoms with E-state index in [-0.39, 0.29) is 12.5 Å². The lowest BCUT2D eigenvalue weighted by Gasteiger charge is -2.37. The zero-order valence-electron chi connectivity index (χ0n) is 27.7. The van der Waals surface area contributed by atoms with Crippen molar-refractivity contribution in [3.63, 3.8) is 0 Å². The van der Waals surface area contributed by atoms with Crippen molar-refractivity contribution in [1.82, 2.24) is 0 Å². The van der Waals surface area contributed by atoms with Crippen molar-refractivity contribution >= 4 is 0 Å². The average Bonchev–Trinajstić information content (AvgIpc) is 3.47. The number of ether oxygens (including phenoxy) is 5. The molecule has 2 aliphatic rings. The molecular formula is C44H38O6. The van der Waals surface area contributed by atoms with Crippen LogP contribution in [0.15, 0.2) is 146 Å². The van der Waals surface area contributed by atoms with Crippen LogP contribution in [0.4, 0.5) is 0 Å². The second-order valence-corrected chi connectivity index (χ2v) is 12.9. The van der Waals surface area contributed by atoms with Crippen LogP contribution in [0.3, 0.4) is 0 Å². The summed E-state index contributed by atoms with van der Waals surface area (Å²) in [7, 11) is 0. The van der Waals surface area contributed by atoms with Crippen molar-refractivity contribution in [1.29, 1.82) is 0 Å². The zero-order chi connectivity index (χ0) is 33.8. The summed E-state index contributed by atoms with van der Waals surface area (Å²) in [5.74, 6) is 2.61. The van der Waals surface area contributed by atoms with Gasteiger partial charge in [-0.2, -0.15) is 0 Å². The molecule has 250 valence electrons. The molecule has 0 bridgehead atoms. The van der Waals surface area contributed by atoms with Gasteiger partial charge < -0.3 is 28.8 Å². The molecule has 1 N–H and O–H groups in total. The zero-order valence-corrected chi connectivity index (χ0v) is 27.7. The number of fused-ring (bicyclic) bond motifs is 5. The minimum atomic E-state index is -1.16. The van der Waals surface area contributed by atoms with Crippen molar-refractivity contribution in [2.75, 3.05) is 6.61 Å². The maximum absolute atomic E-state index is 12.2. The summed E-state index contributed by atoms with van der Waals surface area (Å²) in [6, 6.07) is 48.2. The molecule has 2 atom stereocenters. The number of rotatable bonds is 12. The standard InChI is InChI=1S/C44H38O6/c45-44-25-35-23-39(47-27-32-15-7-2-8-16-32)40(48-28-33-17-9-3-10-18-33)24-37(35)41(44)36-21-22-38(46-26-31-13-5-1-6-14-31)43(42(36)50-30-44)49-29-34-19-11-4-12-20-34/h1-24,41,45H,25-30H2/t41-,44+/m1/s1. The smallest absolute Gasteiger partial charge is 0.204 e. The normalized spacial score (nSPS) is 17.1. The first-order valence-electron chi connectivity index (χ1n) is 17.0. The molecule has 6 aromatic rings. The minimum Gasteiger partial charge on any atom is -0.486 e. The highest BCUT2D eigenvalue weighted by atomic mass is 16.5. The number of hydrogen-bond acceptors (Lipinski definition) is 6. The van der Waals surface area contributed by atoms with E-state index in [0.29, 0.717) is 61.6 Å². The van der Waals surface area contributed by atoms with Gasteiger partial charge in [0.2, 0.25) is 5.75 Å². The fourth-order valence-electron chi connectivity index (χ4n) is 6.90. The highest BCUT2D eigenvalue weighted by Gasteiger charge is 2.51. The molecule has 0 radical (unpaired) electrons. The molecule has 0 amide bonds. The molecule has 6 nitrogen and oxygen atoms in total. The Hall–Kier alpha value is -5.72. The van der Waals surface area contributed by atoms with E-state index in [9.17, 15) is 5.11 Å². The highest BCUT2D eigenvalue weighted by Crippen LogP contribution is 2.56. The van der Waals surface area contributed by atoms with Crippen molar-refractivity contribution < 1.29 is 28.8 Å². The van der Waals surface area contributed by atoms with E-state index in [1.165, 1.54) is 0 Å². The van der Waals surface area contributed by atoms with Crippen LogP contribution in [0.2, 0.25) is 0 Å². The molecule has 1 aliphatic carbocycles. The Morgan fingerprint density at radius 2 is 0.980 bits per heavy atom. The molecule has 0 aromatic heterocycles. The predicted octanol–water partition coefficient (Wildman–Crippen LogP) is 8.81. The molecule has 6 aromatic carbocycles. The van der Waals surface area contributed by atoms with Gasteiger partial charge in [0.05, 0.1) is 0 Å². The molecule has 8 rings (SSSR count). The fourth-order valence-corrected chi connectivity index (χ4v) is 6.90. The summed E-state index contributed by atoms with van der Waals surface area (Å²) in [5, 5.41) is 12.2. The van der Waals surface area contributed by atoms with Gasteiger partial charge >= 0.3 is 0 Å². The predicted molar refractivity (Wildman–Crippen MR) is 192 cm³/mol. The Morgan fingerprint density at radius 3 is 1.50 bits per heavy atom. The first kappa shape index (κ1) is 31.5. The third-order valence-corrected chi connectivity index (χ3v) is 9.37. The van der Waals surface area contributed by atoms with Crippen LogP contribution in [0.25, 0.3) is 0 Å². The van der Waals surface area contributed by atoms with Gasteiger partial charge in [-0.15, -0.1) is 0 Å². The van der Waals surface area contributed by atoms with Gasteiger partial charge in [-0.1, -0.05) is 127 Å². The molecule has 0 saturated heterocycles. The molecular weight excluding hydrogens is 624 g/mol. The maximum Gasteiger partial charge on any atom is 0.204 e. The third-order valence-electron chi connectivity index (χ3n) is 9.37. The molecule has 0 fully saturated rings. The molecule has 50 heavy (non-hydrogen) atoms. The molecule has 0 saturated carbocycles. The van der Waals surface area contributed by atoms with Gasteiger partial charge in [0, 0.05) is 17.9 Å². The molecule has 1 aliphatic heterocycles. The SMILES string of the molecule is O[C@@]12COc3c(ccc(OCc4ccccc4)c3OCc3ccccc3)[C@@H]1c1cc(OCc3ccccc3)c(OCc3ccccc3)cc1C2. The van der Waals surface area contributed by atoms with E-state index < -0.39 is 5.60 Å². The van der Waals surface area contributed by atoms with Crippen LogP contribution < -0.4 is 23.7 Å². The van der Waals surface area contributed by atoms with Gasteiger partial charge in [-0.05, 0) is 51.6 Å². The Balaban J connectivity index is 1.16. The summed E-state index contributed by atoms with van der Waals surface area (Å²) < 4.78 is 32.1. The minimum absolute atomic E-state index is 0.101. The summed E-state index contributed by atoms with van der Waals surface area (Å²) in [6.07, 6.45) is 0.416. The molecule has 0 spiro atoms. The van der Waals surface area contributed by atoms with E-state index in [0.717, 1.165) is 38.9 Å². The van der Waals surface area contributed by atoms with Crippen molar-refractivity contribution in [2.45, 2.75) is 44.4 Å². The summed E-state index contributed by atoms with van der Waals surface area (Å²) in [6.45, 7) is 1.60. The van der Waals surface area contributed by atoms with Gasteiger partial charge in [0.15, 0.2) is 23.0 Å². The largest absolute Gasteiger partial charge is 0.486 e. The quantitative estimate of drug-likeness (QED) is 0.141. The highest BCUT2D eigenvalue weighted by molar-refractivity contribution is 5.64. The topological polar surface area (TPSA) is 66.4 Å². The Bertz CT molecular complexity index is 2050. The first-order chi connectivity index (χ1) is 24.6. The summed E-state index contributed by atoms with van der Waals surface area (Å²) in [4.78, 5) is 0. The van der Waals surface area contributed by atoms with Crippen LogP contribution >= 0.6 is 0 Å². The lowest BCUT2D eigenvalue weighted by Crippen LogP contribution is -2.44. The van der Waals surface area contributed by atoms with Crippen LogP contribution in [0.5, 0.6) is 28.7 Å². The van der Waals surface area contributed by atoms with Crippen LogP contribution in [0, 0.1) is 0 Å². The lowest BCUT2D eigenvalue weighted by molar-refractivity contribution is -0.0232. The second-order valence-electron chi connectivity index (χ2n) is 12.9. The van der Waals surface area contributed by atoms with Crippen molar-refractivity contribution in [2.24, 2.45) is 0 Å². The maximum atomic E-state index is 12.2. The van der Waals surface area contributed by atoms with E-state index in [1.807, 2.05) is 146 Å². The van der Waals surface area contributed by atoms with E-state index in [2.05, 4.69) is 0 Å². The van der Waals surface area contributed by atoms with Gasteiger partial charge in [-0.3, -0.25) is 0 Å². The number of aliphatic hydroxyl groups is 1. The Labute approximate surface area is 292 Å². The van der Waals surface area contributed by atoms with Gasteiger partial charge in [0.25, 0.3) is 0 Å². The van der Waals surface area contributed by atoms with Crippen LogP contribution in [-0.2, 0) is 32.8 Å². The second kappa shape index (κ2) is 14.0. The third kappa shape index (κ3) is 6.63. The van der Waals surface area contributed by atoms with E-state index in [1.54, 1.807) is 0 Å². The van der Waals surface area contributed by atoms with Crippen molar-refractivity contribution in [3.8, 4) is 28.7 Å². The summed E-state index contributed by atoms with van der Waals surface area (Å²) >= 11 is 0. The van der Waals surface area contributed by atoms with Crippen LogP contribution in [-0.4, -0.2) is 17.3 Å². The fraction of sp³-hybridized carbons (Fsp3) is 0.182. The summed E-state index contributed by atoms with van der Waals surface area (Å²) in [5.41, 5.74) is 5.86. The monoisotopic (exact) mass is 662 g/mol. The molecule has 1 heterocycles.